The van der Waals surface area contributed by atoms with E-state index in [2.05, 4.69) is 0 Å². The van der Waals surface area contributed by atoms with Crippen LogP contribution < -0.4 is 0 Å². The molecule has 96 valence electrons. The molecule has 1 saturated carbocycles. The van der Waals surface area contributed by atoms with Gasteiger partial charge in [-0.05, 0) is 43.9 Å². The average Bonchev–Trinajstić information content (AvgIpc) is 3.11. The van der Waals surface area contributed by atoms with Crippen LogP contribution in [0.1, 0.15) is 44.9 Å². The number of likely N-dealkylation sites (tertiary alicyclic amines) is 1. The van der Waals surface area contributed by atoms with E-state index in [0.717, 1.165) is 38.8 Å². The molecule has 0 atom stereocenters. The first-order valence-corrected chi connectivity index (χ1v) is 6.64. The fourth-order valence-corrected chi connectivity index (χ4v) is 2.50. The van der Waals surface area contributed by atoms with Gasteiger partial charge in [0.1, 0.15) is 0 Å². The van der Waals surface area contributed by atoms with Crippen LogP contribution in [-0.2, 0) is 9.59 Å². The van der Waals surface area contributed by atoms with Gasteiger partial charge in [-0.3, -0.25) is 9.59 Å². The van der Waals surface area contributed by atoms with Crippen LogP contribution in [0.3, 0.4) is 0 Å². The van der Waals surface area contributed by atoms with Crippen LogP contribution in [0.25, 0.3) is 0 Å². The molecule has 0 aromatic rings. The van der Waals surface area contributed by atoms with E-state index < -0.39 is 5.97 Å². The summed E-state index contributed by atoms with van der Waals surface area (Å²) in [7, 11) is 0. The Morgan fingerprint density at radius 1 is 1.06 bits per heavy atom. The third kappa shape index (κ3) is 4.02. The Kier molecular flexibility index (Phi) is 4.02. The van der Waals surface area contributed by atoms with Crippen molar-refractivity contribution in [3.8, 4) is 0 Å². The van der Waals surface area contributed by atoms with Gasteiger partial charge < -0.3 is 10.0 Å². The van der Waals surface area contributed by atoms with Gasteiger partial charge >= 0.3 is 5.97 Å². The van der Waals surface area contributed by atoms with E-state index in [1.165, 1.54) is 12.8 Å². The molecule has 2 fully saturated rings. The SMILES string of the molecule is O=C(O)CCC1CCN(C(=O)CC2CC2)CC1. The number of aliphatic carboxylic acids is 1. The predicted octanol–water partition coefficient (Wildman–Crippen LogP) is 1.89. The zero-order chi connectivity index (χ0) is 12.3. The summed E-state index contributed by atoms with van der Waals surface area (Å²) >= 11 is 0. The minimum absolute atomic E-state index is 0.265. The van der Waals surface area contributed by atoms with Crippen molar-refractivity contribution >= 4 is 11.9 Å². The smallest absolute Gasteiger partial charge is 0.303 e. The molecule has 1 N–H and O–H groups in total. The number of piperidine rings is 1. The maximum Gasteiger partial charge on any atom is 0.303 e. The van der Waals surface area contributed by atoms with Crippen molar-refractivity contribution in [3.05, 3.63) is 0 Å². The van der Waals surface area contributed by atoms with E-state index >= 15 is 0 Å². The van der Waals surface area contributed by atoms with Gasteiger partial charge in [-0.1, -0.05) is 0 Å². The summed E-state index contributed by atoms with van der Waals surface area (Å²) in [6, 6.07) is 0. The van der Waals surface area contributed by atoms with Crippen LogP contribution in [0.5, 0.6) is 0 Å². The second kappa shape index (κ2) is 5.52. The first-order chi connectivity index (χ1) is 8.15. The van der Waals surface area contributed by atoms with Crippen LogP contribution in [0, 0.1) is 11.8 Å². The van der Waals surface area contributed by atoms with Crippen molar-refractivity contribution in [3.63, 3.8) is 0 Å². The van der Waals surface area contributed by atoms with Gasteiger partial charge in [0.2, 0.25) is 5.91 Å². The topological polar surface area (TPSA) is 57.6 Å². The summed E-state index contributed by atoms with van der Waals surface area (Å²) in [6.45, 7) is 1.66. The fraction of sp³-hybridized carbons (Fsp3) is 0.846. The van der Waals surface area contributed by atoms with Crippen molar-refractivity contribution < 1.29 is 14.7 Å². The first kappa shape index (κ1) is 12.4. The molecule has 0 aromatic carbocycles. The number of carbonyl (C=O) groups is 2. The summed E-state index contributed by atoms with van der Waals surface area (Å²) in [6.07, 6.45) is 6.16. The van der Waals surface area contributed by atoms with Crippen molar-refractivity contribution in [2.45, 2.75) is 44.9 Å². The second-order valence-corrected chi connectivity index (χ2v) is 5.40. The molecule has 1 heterocycles. The molecular weight excluding hydrogens is 218 g/mol. The minimum Gasteiger partial charge on any atom is -0.481 e. The molecule has 1 saturated heterocycles. The summed E-state index contributed by atoms with van der Waals surface area (Å²) in [5, 5.41) is 8.63. The largest absolute Gasteiger partial charge is 0.481 e. The van der Waals surface area contributed by atoms with Gasteiger partial charge in [-0.15, -0.1) is 0 Å². The lowest BCUT2D eigenvalue weighted by molar-refractivity contribution is -0.138. The summed E-state index contributed by atoms with van der Waals surface area (Å²) in [5.41, 5.74) is 0. The molecule has 4 heteroatoms. The molecule has 4 nitrogen and oxygen atoms in total. The van der Waals surface area contributed by atoms with Gasteiger partial charge in [0, 0.05) is 25.9 Å². The molecule has 1 aliphatic carbocycles. The van der Waals surface area contributed by atoms with E-state index in [1.54, 1.807) is 0 Å². The monoisotopic (exact) mass is 239 g/mol. The molecule has 0 radical (unpaired) electrons. The van der Waals surface area contributed by atoms with Gasteiger partial charge in [0.05, 0.1) is 0 Å². The highest BCUT2D eigenvalue weighted by atomic mass is 16.4. The fourth-order valence-electron chi connectivity index (χ4n) is 2.50. The molecule has 0 aromatic heterocycles. The van der Waals surface area contributed by atoms with Crippen LogP contribution in [-0.4, -0.2) is 35.0 Å². The lowest BCUT2D eigenvalue weighted by Gasteiger charge is -2.32. The number of rotatable bonds is 5. The van der Waals surface area contributed by atoms with Gasteiger partial charge in [0.15, 0.2) is 0 Å². The lowest BCUT2D eigenvalue weighted by Crippen LogP contribution is -2.38. The number of carboxylic acids is 1. The van der Waals surface area contributed by atoms with E-state index in [1.807, 2.05) is 4.90 Å². The molecule has 2 rings (SSSR count). The van der Waals surface area contributed by atoms with E-state index in [-0.39, 0.29) is 6.42 Å². The minimum atomic E-state index is -0.711. The molecular formula is C13H21NO3. The molecule has 17 heavy (non-hydrogen) atoms. The Morgan fingerprint density at radius 3 is 2.24 bits per heavy atom. The van der Waals surface area contributed by atoms with E-state index in [4.69, 9.17) is 5.11 Å². The Bertz CT molecular complexity index is 291. The molecule has 0 bridgehead atoms. The molecule has 1 aliphatic heterocycles. The third-order valence-electron chi connectivity index (χ3n) is 3.89. The highest BCUT2D eigenvalue weighted by molar-refractivity contribution is 5.76. The molecule has 0 spiro atoms. The Labute approximate surface area is 102 Å². The lowest BCUT2D eigenvalue weighted by atomic mass is 9.92. The maximum atomic E-state index is 11.9. The van der Waals surface area contributed by atoms with Crippen molar-refractivity contribution in [1.82, 2.24) is 4.90 Å². The molecule has 1 amide bonds. The number of hydrogen-bond acceptors (Lipinski definition) is 2. The number of hydrogen-bond donors (Lipinski definition) is 1. The quantitative estimate of drug-likeness (QED) is 0.797. The van der Waals surface area contributed by atoms with Crippen LogP contribution in [0.15, 0.2) is 0 Å². The van der Waals surface area contributed by atoms with Crippen molar-refractivity contribution in [1.29, 1.82) is 0 Å². The average molecular weight is 239 g/mol. The first-order valence-electron chi connectivity index (χ1n) is 6.64. The normalized spacial score (nSPS) is 21.5. The number of carboxylic acid groups (broad SMARTS) is 1. The Morgan fingerprint density at radius 2 is 1.71 bits per heavy atom. The predicted molar refractivity (Wildman–Crippen MR) is 63.5 cm³/mol. The summed E-state index contributed by atoms with van der Waals surface area (Å²) in [4.78, 5) is 24.3. The van der Waals surface area contributed by atoms with Crippen molar-refractivity contribution in [2.24, 2.45) is 11.8 Å². The zero-order valence-corrected chi connectivity index (χ0v) is 10.2. The Hall–Kier alpha value is -1.06. The number of amides is 1. The van der Waals surface area contributed by atoms with Gasteiger partial charge in [-0.2, -0.15) is 0 Å². The molecule has 2 aliphatic rings. The van der Waals surface area contributed by atoms with E-state index in [0.29, 0.717) is 17.7 Å². The molecule has 0 unspecified atom stereocenters. The number of nitrogens with zero attached hydrogens (tertiary/aromatic N) is 1. The Balaban J connectivity index is 1.66. The summed E-state index contributed by atoms with van der Waals surface area (Å²) in [5.74, 6) is 0.754. The standard InChI is InChI=1S/C13H21NO3/c15-12(9-11-1-2-11)14-7-5-10(6-8-14)3-4-13(16)17/h10-11H,1-9H2,(H,16,17). The van der Waals surface area contributed by atoms with Crippen LogP contribution in [0.4, 0.5) is 0 Å². The van der Waals surface area contributed by atoms with Gasteiger partial charge in [-0.25, -0.2) is 0 Å². The van der Waals surface area contributed by atoms with Crippen LogP contribution >= 0.6 is 0 Å². The second-order valence-electron chi connectivity index (χ2n) is 5.40. The highest BCUT2D eigenvalue weighted by Gasteiger charge is 2.29. The highest BCUT2D eigenvalue weighted by Crippen LogP contribution is 2.33. The summed E-state index contributed by atoms with van der Waals surface area (Å²) < 4.78 is 0. The van der Waals surface area contributed by atoms with E-state index in [9.17, 15) is 9.59 Å². The van der Waals surface area contributed by atoms with Gasteiger partial charge in [0.25, 0.3) is 0 Å². The maximum absolute atomic E-state index is 11.9. The van der Waals surface area contributed by atoms with Crippen LogP contribution in [0.2, 0.25) is 0 Å². The van der Waals surface area contributed by atoms with Crippen molar-refractivity contribution in [2.75, 3.05) is 13.1 Å². The number of carbonyl (C=O) groups excluding carboxylic acids is 1. The third-order valence-corrected chi connectivity index (χ3v) is 3.89. The zero-order valence-electron chi connectivity index (χ0n) is 10.2.